The van der Waals surface area contributed by atoms with Gasteiger partial charge in [0.05, 0.1) is 18.5 Å². The lowest BCUT2D eigenvalue weighted by atomic mass is 10.4. The molecule has 0 saturated heterocycles. The van der Waals surface area contributed by atoms with E-state index < -0.39 is 22.0 Å². The van der Waals surface area contributed by atoms with E-state index in [9.17, 15) is 13.2 Å². The molecule has 0 saturated carbocycles. The molecule has 1 aromatic rings. The van der Waals surface area contributed by atoms with Crippen molar-refractivity contribution in [1.82, 2.24) is 14.5 Å². The van der Waals surface area contributed by atoms with E-state index in [-0.39, 0.29) is 4.90 Å². The molecule has 0 aromatic carbocycles. The summed E-state index contributed by atoms with van der Waals surface area (Å²) in [6.45, 7) is 4.67. The summed E-state index contributed by atoms with van der Waals surface area (Å²) in [5.41, 5.74) is 0.900. The highest BCUT2D eigenvalue weighted by Crippen LogP contribution is 2.18. The summed E-state index contributed by atoms with van der Waals surface area (Å²) in [5.74, 6) is -0.641. The maximum Gasteiger partial charge on any atom is 0.323 e. The van der Waals surface area contributed by atoms with Crippen molar-refractivity contribution >= 4 is 16.0 Å². The number of aromatic nitrogens is 2. The monoisotopic (exact) mass is 275 g/mol. The molecule has 0 radical (unpaired) electrons. The number of carbonyl (C=O) groups is 1. The molecule has 1 N–H and O–H groups in total. The maximum atomic E-state index is 12.1. The predicted molar refractivity (Wildman–Crippen MR) is 64.5 cm³/mol. The molecule has 8 heteroatoms. The number of hydrogen-bond acceptors (Lipinski definition) is 5. The van der Waals surface area contributed by atoms with Gasteiger partial charge in [-0.1, -0.05) is 0 Å². The third kappa shape index (κ3) is 2.70. The van der Waals surface area contributed by atoms with Crippen molar-refractivity contribution < 1.29 is 17.9 Å². The molecule has 102 valence electrons. The fourth-order valence-electron chi connectivity index (χ4n) is 1.66. The van der Waals surface area contributed by atoms with Gasteiger partial charge in [0, 0.05) is 7.05 Å². The molecule has 7 nitrogen and oxygen atoms in total. The van der Waals surface area contributed by atoms with Crippen LogP contribution in [0.5, 0.6) is 0 Å². The van der Waals surface area contributed by atoms with Crippen molar-refractivity contribution in [2.24, 2.45) is 7.05 Å². The van der Waals surface area contributed by atoms with Crippen LogP contribution in [0.2, 0.25) is 0 Å². The molecule has 0 aliphatic carbocycles. The number of nitrogens with zero attached hydrogens (tertiary/aromatic N) is 2. The van der Waals surface area contributed by atoms with Gasteiger partial charge in [-0.25, -0.2) is 8.42 Å². The maximum absolute atomic E-state index is 12.1. The number of esters is 1. The average molecular weight is 275 g/mol. The third-order valence-electron chi connectivity index (χ3n) is 2.60. The molecule has 0 fully saturated rings. The van der Waals surface area contributed by atoms with Crippen LogP contribution in [-0.2, 0) is 26.6 Å². The van der Waals surface area contributed by atoms with Crippen molar-refractivity contribution in [3.05, 3.63) is 11.4 Å². The zero-order valence-electron chi connectivity index (χ0n) is 11.0. The number of nitrogens with one attached hydrogen (secondary N) is 1. The molecule has 0 bridgehead atoms. The molecule has 0 aliphatic heterocycles. The Labute approximate surface area is 106 Å². The van der Waals surface area contributed by atoms with Crippen LogP contribution in [0.15, 0.2) is 4.90 Å². The Morgan fingerprint density at radius 1 is 1.44 bits per heavy atom. The highest BCUT2D eigenvalue weighted by atomic mass is 32.2. The summed E-state index contributed by atoms with van der Waals surface area (Å²) in [4.78, 5) is 11.3. The summed E-state index contributed by atoms with van der Waals surface area (Å²) >= 11 is 0. The van der Waals surface area contributed by atoms with Gasteiger partial charge in [-0.2, -0.15) is 9.82 Å². The van der Waals surface area contributed by atoms with Crippen LogP contribution in [0.1, 0.15) is 18.3 Å². The van der Waals surface area contributed by atoms with Gasteiger partial charge >= 0.3 is 5.97 Å². The Hall–Kier alpha value is -1.41. The smallest absolute Gasteiger partial charge is 0.323 e. The van der Waals surface area contributed by atoms with Crippen molar-refractivity contribution in [2.45, 2.75) is 31.7 Å². The summed E-state index contributed by atoms with van der Waals surface area (Å²) in [7, 11) is -0.929. The first-order valence-corrected chi connectivity index (χ1v) is 6.79. The molecule has 1 rings (SSSR count). The van der Waals surface area contributed by atoms with E-state index in [0.717, 1.165) is 0 Å². The lowest BCUT2D eigenvalue weighted by Crippen LogP contribution is -2.39. The molecular formula is C10H17N3O4S. The number of rotatable bonds is 4. The largest absolute Gasteiger partial charge is 0.468 e. The SMILES string of the molecule is COC(=O)[C@@H](C)NS(=O)(=O)c1c(C)nn(C)c1C. The van der Waals surface area contributed by atoms with Gasteiger partial charge < -0.3 is 4.74 Å². The number of carbonyl (C=O) groups excluding carboxylic acids is 1. The Bertz CT molecular complexity index is 562. The minimum Gasteiger partial charge on any atom is -0.468 e. The Morgan fingerprint density at radius 3 is 2.39 bits per heavy atom. The van der Waals surface area contributed by atoms with Crippen molar-refractivity contribution in [3.63, 3.8) is 0 Å². The van der Waals surface area contributed by atoms with Crippen LogP contribution in [0.3, 0.4) is 0 Å². The summed E-state index contributed by atoms with van der Waals surface area (Å²) < 4.78 is 32.5. The highest BCUT2D eigenvalue weighted by molar-refractivity contribution is 7.89. The van der Waals surface area contributed by atoms with E-state index in [1.807, 2.05) is 0 Å². The van der Waals surface area contributed by atoms with E-state index in [1.165, 1.54) is 18.7 Å². The second-order valence-electron chi connectivity index (χ2n) is 3.99. The fourth-order valence-corrected chi connectivity index (χ4v) is 3.29. The predicted octanol–water partition coefficient (Wildman–Crippen LogP) is -0.123. The van der Waals surface area contributed by atoms with Crippen LogP contribution < -0.4 is 4.72 Å². The second-order valence-corrected chi connectivity index (χ2v) is 5.64. The van der Waals surface area contributed by atoms with E-state index in [0.29, 0.717) is 11.4 Å². The summed E-state index contributed by atoms with van der Waals surface area (Å²) in [6.07, 6.45) is 0. The number of hydrogen-bond donors (Lipinski definition) is 1. The Kier molecular flexibility index (Phi) is 4.12. The van der Waals surface area contributed by atoms with Crippen LogP contribution >= 0.6 is 0 Å². The minimum atomic E-state index is -3.79. The molecule has 1 atom stereocenters. The van der Waals surface area contributed by atoms with Gasteiger partial charge in [-0.05, 0) is 20.8 Å². The second kappa shape index (κ2) is 5.07. The molecular weight excluding hydrogens is 258 g/mol. The first-order chi connectivity index (χ1) is 8.20. The first-order valence-electron chi connectivity index (χ1n) is 5.31. The highest BCUT2D eigenvalue weighted by Gasteiger charge is 2.27. The average Bonchev–Trinajstić information content (AvgIpc) is 2.51. The molecule has 1 aromatic heterocycles. The number of ether oxygens (including phenoxy) is 1. The van der Waals surface area contributed by atoms with Crippen molar-refractivity contribution in [3.8, 4) is 0 Å². The normalized spacial score (nSPS) is 13.4. The molecule has 0 aliphatic rings. The van der Waals surface area contributed by atoms with Crippen LogP contribution in [0, 0.1) is 13.8 Å². The van der Waals surface area contributed by atoms with E-state index >= 15 is 0 Å². The zero-order chi connectivity index (χ0) is 14.1. The summed E-state index contributed by atoms with van der Waals surface area (Å²) in [6, 6.07) is -0.945. The molecule has 1 heterocycles. The van der Waals surface area contributed by atoms with Crippen LogP contribution in [0.4, 0.5) is 0 Å². The quantitative estimate of drug-likeness (QED) is 0.773. The van der Waals surface area contributed by atoms with Gasteiger partial charge in [-0.3, -0.25) is 9.48 Å². The van der Waals surface area contributed by atoms with Gasteiger partial charge in [0.2, 0.25) is 10.0 Å². The Morgan fingerprint density at radius 2 is 2.00 bits per heavy atom. The Balaban J connectivity index is 3.11. The van der Waals surface area contributed by atoms with Crippen LogP contribution in [-0.4, -0.2) is 37.3 Å². The third-order valence-corrected chi connectivity index (χ3v) is 4.39. The van der Waals surface area contributed by atoms with E-state index in [4.69, 9.17) is 0 Å². The summed E-state index contributed by atoms with van der Waals surface area (Å²) in [5, 5.41) is 4.03. The molecule has 0 spiro atoms. The molecule has 18 heavy (non-hydrogen) atoms. The van der Waals surface area contributed by atoms with Gasteiger partial charge in [0.1, 0.15) is 10.9 Å². The lowest BCUT2D eigenvalue weighted by Gasteiger charge is -2.12. The topological polar surface area (TPSA) is 90.3 Å². The van der Waals surface area contributed by atoms with Gasteiger partial charge in [-0.15, -0.1) is 0 Å². The van der Waals surface area contributed by atoms with Gasteiger partial charge in [0.15, 0.2) is 0 Å². The number of methoxy groups -OCH3 is 1. The number of sulfonamides is 1. The molecule has 0 unspecified atom stereocenters. The molecule has 0 amide bonds. The van der Waals surface area contributed by atoms with Crippen molar-refractivity contribution in [2.75, 3.05) is 7.11 Å². The standard InChI is InChI=1S/C10H17N3O4S/c1-6-9(8(3)13(4)11-6)18(15,16)12-7(2)10(14)17-5/h7,12H,1-5H3/t7-/m1/s1. The first kappa shape index (κ1) is 14.7. The number of aryl methyl sites for hydroxylation is 2. The van der Waals surface area contributed by atoms with E-state index in [2.05, 4.69) is 14.6 Å². The van der Waals surface area contributed by atoms with Crippen LogP contribution in [0.25, 0.3) is 0 Å². The lowest BCUT2D eigenvalue weighted by molar-refractivity contribution is -0.142. The zero-order valence-corrected chi connectivity index (χ0v) is 11.8. The van der Waals surface area contributed by atoms with E-state index in [1.54, 1.807) is 20.9 Å². The minimum absolute atomic E-state index is 0.0979. The van der Waals surface area contributed by atoms with Gasteiger partial charge in [0.25, 0.3) is 0 Å². The van der Waals surface area contributed by atoms with Crippen molar-refractivity contribution in [1.29, 1.82) is 0 Å². The fraction of sp³-hybridized carbons (Fsp3) is 0.600.